The Bertz CT molecular complexity index is 948. The van der Waals surface area contributed by atoms with Crippen LogP contribution in [-0.4, -0.2) is 27.7 Å². The van der Waals surface area contributed by atoms with E-state index in [1.54, 1.807) is 16.7 Å². The van der Waals surface area contributed by atoms with Crippen LogP contribution < -0.4 is 10.5 Å². The van der Waals surface area contributed by atoms with Crippen LogP contribution in [-0.2, 0) is 6.67 Å². The summed E-state index contributed by atoms with van der Waals surface area (Å²) < 4.78 is 15.2. The molecule has 1 aliphatic heterocycles. The van der Waals surface area contributed by atoms with Gasteiger partial charge in [-0.25, -0.2) is 9.37 Å². The van der Waals surface area contributed by atoms with Gasteiger partial charge in [0.15, 0.2) is 0 Å². The van der Waals surface area contributed by atoms with Crippen molar-refractivity contribution in [2.24, 2.45) is 0 Å². The van der Waals surface area contributed by atoms with E-state index in [2.05, 4.69) is 11.0 Å². The quantitative estimate of drug-likeness (QED) is 0.741. The molecule has 0 saturated heterocycles. The van der Waals surface area contributed by atoms with Crippen molar-refractivity contribution in [1.29, 1.82) is 0 Å². The van der Waals surface area contributed by atoms with Gasteiger partial charge in [0.1, 0.15) is 5.82 Å². The largest absolute Gasteiger partial charge is 0.298 e. The Balaban J connectivity index is 1.66. The molecule has 0 atom stereocenters. The molecule has 4 rings (SSSR count). The molecule has 0 saturated carbocycles. The van der Waals surface area contributed by atoms with E-state index >= 15 is 0 Å². The van der Waals surface area contributed by atoms with Gasteiger partial charge in [0, 0.05) is 23.5 Å². The zero-order valence-electron chi connectivity index (χ0n) is 16.6. The third-order valence-corrected chi connectivity index (χ3v) is 5.81. The lowest BCUT2D eigenvalue weighted by molar-refractivity contribution is 0.199. The molecule has 0 radical (unpaired) electrons. The van der Waals surface area contributed by atoms with E-state index < -0.39 is 0 Å². The van der Waals surface area contributed by atoms with Crippen LogP contribution >= 0.6 is 0 Å². The highest BCUT2D eigenvalue weighted by Crippen LogP contribution is 2.28. The monoisotopic (exact) mass is 382 g/mol. The highest BCUT2D eigenvalue weighted by molar-refractivity contribution is 5.58. The third kappa shape index (κ3) is 3.74. The Morgan fingerprint density at radius 2 is 1.89 bits per heavy atom. The first-order chi connectivity index (χ1) is 13.5. The molecule has 2 aliphatic rings. The average Bonchev–Trinajstić information content (AvgIpc) is 2.72. The number of rotatable bonds is 4. The van der Waals surface area contributed by atoms with Crippen LogP contribution in [0.15, 0.2) is 40.7 Å². The smallest absolute Gasteiger partial charge is 0.259 e. The maximum Gasteiger partial charge on any atom is 0.259 e. The van der Waals surface area contributed by atoms with Crippen LogP contribution in [0.25, 0.3) is 0 Å². The Hall–Kier alpha value is -2.47. The Labute approximate surface area is 165 Å². The number of nitrogens with zero attached hydrogens (tertiary/aromatic N) is 4. The molecule has 1 aromatic carbocycles. The summed E-state index contributed by atoms with van der Waals surface area (Å²) in [6.07, 6.45) is 8.34. The number of benzene rings is 1. The minimum atomic E-state index is -0.271. The molecule has 0 amide bonds. The standard InChI is InChI=1S/C22H27FN4O/c1-16-17(2)24-22-26(20-10-8-19(23)9-11-20)14-25(15-27(22)21(16)28)13-12-18-6-4-3-5-7-18/h6,8-11H,3-5,7,12-15H2,1-2H3. The zero-order valence-corrected chi connectivity index (χ0v) is 16.6. The molecule has 2 heterocycles. The lowest BCUT2D eigenvalue weighted by Crippen LogP contribution is -2.48. The fraction of sp³-hybridized carbons (Fsp3) is 0.455. The molecular weight excluding hydrogens is 355 g/mol. The van der Waals surface area contributed by atoms with E-state index in [1.807, 2.05) is 18.7 Å². The van der Waals surface area contributed by atoms with Crippen molar-refractivity contribution in [3.05, 3.63) is 63.3 Å². The molecule has 5 nitrogen and oxygen atoms in total. The van der Waals surface area contributed by atoms with Gasteiger partial charge in [-0.2, -0.15) is 0 Å². The molecule has 0 fully saturated rings. The summed E-state index contributed by atoms with van der Waals surface area (Å²) in [6.45, 7) is 5.75. The maximum atomic E-state index is 13.4. The van der Waals surface area contributed by atoms with E-state index in [4.69, 9.17) is 4.98 Å². The molecule has 0 spiro atoms. The van der Waals surface area contributed by atoms with Gasteiger partial charge in [0.2, 0.25) is 5.95 Å². The van der Waals surface area contributed by atoms with Gasteiger partial charge < -0.3 is 0 Å². The SMILES string of the molecule is Cc1nc2n(c(=O)c1C)CN(CCC1=CCCCC1)CN2c1ccc(F)cc1. The first-order valence-electron chi connectivity index (χ1n) is 10.0. The average molecular weight is 382 g/mol. The Morgan fingerprint density at radius 3 is 2.61 bits per heavy atom. The second-order valence-corrected chi connectivity index (χ2v) is 7.80. The van der Waals surface area contributed by atoms with Crippen LogP contribution in [0.4, 0.5) is 16.0 Å². The fourth-order valence-corrected chi connectivity index (χ4v) is 3.98. The number of aryl methyl sites for hydroxylation is 1. The molecule has 0 N–H and O–H groups in total. The van der Waals surface area contributed by atoms with Gasteiger partial charge in [-0.05, 0) is 70.2 Å². The van der Waals surface area contributed by atoms with Crippen molar-refractivity contribution in [3.8, 4) is 0 Å². The highest BCUT2D eigenvalue weighted by atomic mass is 19.1. The van der Waals surface area contributed by atoms with E-state index in [-0.39, 0.29) is 11.4 Å². The second-order valence-electron chi connectivity index (χ2n) is 7.80. The zero-order chi connectivity index (χ0) is 19.7. The van der Waals surface area contributed by atoms with E-state index in [0.717, 1.165) is 24.3 Å². The van der Waals surface area contributed by atoms with Gasteiger partial charge in [-0.1, -0.05) is 11.6 Å². The molecule has 0 unspecified atom stereocenters. The second kappa shape index (κ2) is 7.87. The third-order valence-electron chi connectivity index (χ3n) is 5.81. The lowest BCUT2D eigenvalue weighted by Gasteiger charge is -2.38. The molecule has 28 heavy (non-hydrogen) atoms. The van der Waals surface area contributed by atoms with Gasteiger partial charge in [0.05, 0.1) is 13.3 Å². The molecule has 2 aromatic rings. The number of allylic oxidation sites excluding steroid dienone is 1. The molecule has 1 aliphatic carbocycles. The first kappa shape index (κ1) is 18.9. The van der Waals surface area contributed by atoms with Gasteiger partial charge >= 0.3 is 0 Å². The van der Waals surface area contributed by atoms with Crippen molar-refractivity contribution in [2.75, 3.05) is 18.1 Å². The van der Waals surface area contributed by atoms with E-state index in [0.29, 0.717) is 24.8 Å². The number of halogens is 1. The topological polar surface area (TPSA) is 41.4 Å². The van der Waals surface area contributed by atoms with Crippen molar-refractivity contribution < 1.29 is 4.39 Å². The van der Waals surface area contributed by atoms with Crippen molar-refractivity contribution >= 4 is 11.6 Å². The Kier molecular flexibility index (Phi) is 5.31. The fourth-order valence-electron chi connectivity index (χ4n) is 3.98. The minimum Gasteiger partial charge on any atom is -0.298 e. The van der Waals surface area contributed by atoms with Crippen LogP contribution in [0.5, 0.6) is 0 Å². The van der Waals surface area contributed by atoms with Crippen molar-refractivity contribution in [2.45, 2.75) is 52.6 Å². The van der Waals surface area contributed by atoms with Gasteiger partial charge in [-0.15, -0.1) is 0 Å². The number of hydrogen-bond donors (Lipinski definition) is 0. The summed E-state index contributed by atoms with van der Waals surface area (Å²) >= 11 is 0. The predicted octanol–water partition coefficient (Wildman–Crippen LogP) is 4.26. The van der Waals surface area contributed by atoms with Crippen molar-refractivity contribution in [1.82, 2.24) is 14.5 Å². The normalized spacial score (nSPS) is 17.4. The van der Waals surface area contributed by atoms with Gasteiger partial charge in [-0.3, -0.25) is 19.2 Å². The number of aromatic nitrogens is 2. The number of hydrogen-bond acceptors (Lipinski definition) is 4. The maximum absolute atomic E-state index is 13.4. The summed E-state index contributed by atoms with van der Waals surface area (Å²) in [5.41, 5.74) is 3.78. The molecule has 1 aromatic heterocycles. The highest BCUT2D eigenvalue weighted by Gasteiger charge is 2.27. The van der Waals surface area contributed by atoms with Crippen LogP contribution in [0.2, 0.25) is 0 Å². The number of fused-ring (bicyclic) bond motifs is 1. The summed E-state index contributed by atoms with van der Waals surface area (Å²) in [6, 6.07) is 6.39. The van der Waals surface area contributed by atoms with E-state index in [9.17, 15) is 9.18 Å². The summed E-state index contributed by atoms with van der Waals surface area (Å²) in [5, 5.41) is 0. The van der Waals surface area contributed by atoms with Crippen LogP contribution in [0.1, 0.15) is 43.4 Å². The first-order valence-corrected chi connectivity index (χ1v) is 10.0. The van der Waals surface area contributed by atoms with Crippen LogP contribution in [0, 0.1) is 19.7 Å². The number of anilines is 2. The van der Waals surface area contributed by atoms with Gasteiger partial charge in [0.25, 0.3) is 5.56 Å². The molecule has 0 bridgehead atoms. The van der Waals surface area contributed by atoms with Crippen molar-refractivity contribution in [3.63, 3.8) is 0 Å². The van der Waals surface area contributed by atoms with E-state index in [1.165, 1.54) is 43.4 Å². The predicted molar refractivity (Wildman–Crippen MR) is 109 cm³/mol. The summed E-state index contributed by atoms with van der Waals surface area (Å²) in [7, 11) is 0. The summed E-state index contributed by atoms with van der Waals surface area (Å²) in [4.78, 5) is 21.9. The molecule has 148 valence electrons. The Morgan fingerprint density at radius 1 is 1.11 bits per heavy atom. The molecule has 6 heteroatoms. The lowest BCUT2D eigenvalue weighted by atomic mass is 9.97. The molecular formula is C22H27FN4O. The minimum absolute atomic E-state index is 0.00352. The van der Waals surface area contributed by atoms with Crippen LogP contribution in [0.3, 0.4) is 0 Å². The summed E-state index contributed by atoms with van der Waals surface area (Å²) in [5.74, 6) is 0.361.